The van der Waals surface area contributed by atoms with Crippen LogP contribution in [0.15, 0.2) is 36.4 Å². The number of amides is 2. The molecule has 11 nitrogen and oxygen atoms in total. The van der Waals surface area contributed by atoms with E-state index in [0.29, 0.717) is 61.1 Å². The number of nitrogens with one attached hydrogen (secondary N) is 3. The highest BCUT2D eigenvalue weighted by Gasteiger charge is 2.43. The minimum atomic E-state index is -5.07. The lowest BCUT2D eigenvalue weighted by atomic mass is 9.88. The van der Waals surface area contributed by atoms with Crippen molar-refractivity contribution in [2.75, 3.05) is 25.0 Å². The molecule has 5 heterocycles. The average molecular weight is 780 g/mol. The zero-order valence-corrected chi connectivity index (χ0v) is 31.5. The molecule has 3 aliphatic heterocycles. The van der Waals surface area contributed by atoms with Gasteiger partial charge in [-0.3, -0.25) is 9.59 Å². The molecule has 4 aromatic rings. The van der Waals surface area contributed by atoms with Gasteiger partial charge in [-0.05, 0) is 95.7 Å². The standard InChI is InChI=1S/C40H46F5N9O2/c1-20(46)38(55)52-14-4-6-33(52)36-48-27-10-8-22(16-29(27)50-36)31-12-13-32(54(31)35-19-25(41)24(18-26(35)42)40(43,44)45)23-9-11-28-30(17-23)51-37(49-28)34-7-5-15-53(34)39(56)21(2)47-3/h8-11,17-22,31-34,47H,4-7,12-16,46H2,1-3H3,(H,48,50)(H,49,51)/t20-,21-,22?,31+,32+,33-,34-/m0/s1. The van der Waals surface area contributed by atoms with Gasteiger partial charge in [0.2, 0.25) is 11.8 Å². The van der Waals surface area contributed by atoms with Crippen molar-refractivity contribution in [1.29, 1.82) is 0 Å². The van der Waals surface area contributed by atoms with E-state index in [-0.39, 0.29) is 47.6 Å². The van der Waals surface area contributed by atoms with E-state index in [0.717, 1.165) is 42.6 Å². The summed E-state index contributed by atoms with van der Waals surface area (Å²) in [6.07, 6.45) is 3.50. The van der Waals surface area contributed by atoms with Gasteiger partial charge in [-0.1, -0.05) is 12.1 Å². The molecule has 8 rings (SSSR count). The highest BCUT2D eigenvalue weighted by atomic mass is 19.4. The third-order valence-electron chi connectivity index (χ3n) is 12.1. The van der Waals surface area contributed by atoms with Crippen molar-refractivity contribution < 1.29 is 31.5 Å². The van der Waals surface area contributed by atoms with Crippen molar-refractivity contribution in [3.05, 3.63) is 82.2 Å². The number of fused-ring (bicyclic) bond motifs is 2. The highest BCUT2D eigenvalue weighted by molar-refractivity contribution is 5.83. The maximum absolute atomic E-state index is 16.0. The molecule has 4 aliphatic rings. The van der Waals surface area contributed by atoms with Gasteiger partial charge in [0.15, 0.2) is 0 Å². The Bertz CT molecular complexity index is 2180. The van der Waals surface area contributed by atoms with E-state index in [9.17, 15) is 22.8 Å². The molecule has 7 atom stereocenters. The van der Waals surface area contributed by atoms with Crippen LogP contribution >= 0.6 is 0 Å². The van der Waals surface area contributed by atoms with E-state index in [1.165, 1.54) is 0 Å². The smallest absolute Gasteiger partial charge is 0.358 e. The molecular weight excluding hydrogens is 733 g/mol. The van der Waals surface area contributed by atoms with Gasteiger partial charge in [0, 0.05) is 36.8 Å². The number of hydrogen-bond acceptors (Lipinski definition) is 7. The van der Waals surface area contributed by atoms with Gasteiger partial charge >= 0.3 is 6.18 Å². The van der Waals surface area contributed by atoms with Gasteiger partial charge in [-0.2, -0.15) is 13.2 Å². The fourth-order valence-corrected chi connectivity index (χ4v) is 9.24. The number of hydrogen-bond donors (Lipinski definition) is 4. The molecule has 16 heteroatoms. The summed E-state index contributed by atoms with van der Waals surface area (Å²) in [5.74, 6) is -1.77. The minimum Gasteiger partial charge on any atom is -0.358 e. The summed E-state index contributed by atoms with van der Waals surface area (Å²) in [6, 6.07) is 4.17. The number of nitrogens with two attached hydrogens (primary N) is 1. The first-order chi connectivity index (χ1) is 26.7. The maximum atomic E-state index is 16.0. The van der Waals surface area contributed by atoms with Crippen molar-refractivity contribution in [1.82, 2.24) is 35.1 Å². The molecule has 5 N–H and O–H groups in total. The van der Waals surface area contributed by atoms with Crippen LogP contribution in [0.25, 0.3) is 17.1 Å². The molecule has 3 fully saturated rings. The lowest BCUT2D eigenvalue weighted by molar-refractivity contribution is -0.140. The first kappa shape index (κ1) is 38.1. The molecule has 0 bridgehead atoms. The van der Waals surface area contributed by atoms with Gasteiger partial charge in [0.25, 0.3) is 0 Å². The Morgan fingerprint density at radius 1 is 0.893 bits per heavy atom. The summed E-state index contributed by atoms with van der Waals surface area (Å²) in [4.78, 5) is 47.8. The molecule has 0 spiro atoms. The average Bonchev–Trinajstić information content (AvgIpc) is 4.01. The van der Waals surface area contributed by atoms with Crippen LogP contribution in [0.4, 0.5) is 27.6 Å². The number of anilines is 1. The van der Waals surface area contributed by atoms with E-state index >= 15 is 8.78 Å². The number of alkyl halides is 3. The summed E-state index contributed by atoms with van der Waals surface area (Å²) in [5.41, 5.74) is 7.74. The predicted molar refractivity (Wildman–Crippen MR) is 200 cm³/mol. The first-order valence-electron chi connectivity index (χ1n) is 19.4. The molecule has 0 radical (unpaired) electrons. The van der Waals surface area contributed by atoms with E-state index < -0.39 is 41.5 Å². The Kier molecular flexibility index (Phi) is 9.92. The van der Waals surface area contributed by atoms with Crippen molar-refractivity contribution in [2.24, 2.45) is 11.7 Å². The Morgan fingerprint density at radius 3 is 2.27 bits per heavy atom. The first-order valence-corrected chi connectivity index (χ1v) is 19.4. The molecule has 298 valence electrons. The molecule has 2 aromatic heterocycles. The lowest BCUT2D eigenvalue weighted by Gasteiger charge is -2.37. The van der Waals surface area contributed by atoms with Gasteiger partial charge in [-0.15, -0.1) is 0 Å². The lowest BCUT2D eigenvalue weighted by Crippen LogP contribution is -2.43. The topological polar surface area (TPSA) is 139 Å². The summed E-state index contributed by atoms with van der Waals surface area (Å²) in [7, 11) is 1.74. The second-order valence-corrected chi connectivity index (χ2v) is 15.6. The number of H-pyrrole nitrogens is 2. The number of likely N-dealkylation sites (tertiary alicyclic amines) is 2. The van der Waals surface area contributed by atoms with Crippen LogP contribution in [-0.4, -0.2) is 79.8 Å². The quantitative estimate of drug-likeness (QED) is 0.151. The van der Waals surface area contributed by atoms with Gasteiger partial charge in [0.1, 0.15) is 23.3 Å². The second kappa shape index (κ2) is 14.6. The van der Waals surface area contributed by atoms with Crippen LogP contribution in [0.5, 0.6) is 0 Å². The monoisotopic (exact) mass is 779 g/mol. The van der Waals surface area contributed by atoms with E-state index in [4.69, 9.17) is 15.7 Å². The maximum Gasteiger partial charge on any atom is 0.419 e. The van der Waals surface area contributed by atoms with Crippen molar-refractivity contribution >= 4 is 34.6 Å². The van der Waals surface area contributed by atoms with E-state index in [1.807, 2.05) is 42.2 Å². The Balaban J connectivity index is 1.12. The molecule has 2 aromatic carbocycles. The molecular formula is C40H46F5N9O2. The summed E-state index contributed by atoms with van der Waals surface area (Å²) < 4.78 is 72.3. The fourth-order valence-electron chi connectivity index (χ4n) is 9.24. The molecule has 1 unspecified atom stereocenters. The Labute approximate surface area is 320 Å². The predicted octanol–water partition coefficient (Wildman–Crippen LogP) is 6.46. The largest absolute Gasteiger partial charge is 0.419 e. The zero-order chi connectivity index (χ0) is 39.6. The second-order valence-electron chi connectivity index (χ2n) is 15.6. The number of halogens is 5. The number of carbonyl (C=O) groups is 2. The van der Waals surface area contributed by atoms with Gasteiger partial charge in [0.05, 0.1) is 58.2 Å². The zero-order valence-electron chi connectivity index (χ0n) is 31.5. The number of aromatic amines is 2. The van der Waals surface area contributed by atoms with E-state index in [2.05, 4.69) is 15.3 Å². The van der Waals surface area contributed by atoms with Crippen molar-refractivity contribution in [2.45, 2.75) is 101 Å². The van der Waals surface area contributed by atoms with Crippen LogP contribution in [0, 0.1) is 17.6 Å². The minimum absolute atomic E-state index is 0.0124. The van der Waals surface area contributed by atoms with Crippen LogP contribution in [0.1, 0.15) is 105 Å². The number of imidazole rings is 2. The summed E-state index contributed by atoms with van der Waals surface area (Å²) in [5, 5.41) is 3.01. The Morgan fingerprint density at radius 2 is 1.59 bits per heavy atom. The third kappa shape index (κ3) is 6.73. The van der Waals surface area contributed by atoms with Crippen molar-refractivity contribution in [3.63, 3.8) is 0 Å². The van der Waals surface area contributed by atoms with Gasteiger partial charge in [-0.25, -0.2) is 18.7 Å². The summed E-state index contributed by atoms with van der Waals surface area (Å²) in [6.45, 7) is 4.69. The number of rotatable bonds is 8. The van der Waals surface area contributed by atoms with E-state index in [1.54, 1.807) is 23.8 Å². The number of benzene rings is 2. The molecule has 0 saturated carbocycles. The van der Waals surface area contributed by atoms with Crippen LogP contribution in [0.3, 0.4) is 0 Å². The Hall–Kier alpha value is -4.83. The molecule has 56 heavy (non-hydrogen) atoms. The number of likely N-dealkylation sites (N-methyl/N-ethyl adjacent to an activating group) is 1. The third-order valence-corrected chi connectivity index (χ3v) is 12.1. The summed E-state index contributed by atoms with van der Waals surface area (Å²) >= 11 is 0. The van der Waals surface area contributed by atoms with Crippen LogP contribution in [-0.2, 0) is 22.2 Å². The van der Waals surface area contributed by atoms with Crippen molar-refractivity contribution in [3.8, 4) is 0 Å². The molecule has 3 saturated heterocycles. The SMILES string of the molecule is CN[C@@H](C)C(=O)N1CCC[C@H]1c1nc2ccc([C@H]3CC[C@H](C4C=Cc5nc([C@@H]6CCCN6C(=O)[C@H](C)N)[nH]c5C4)N3c3cc(F)c(C(F)(F)F)cc3F)cc2[nH]1. The fraction of sp³-hybridized carbons (Fsp3) is 0.500. The molecule has 1 aliphatic carbocycles. The molecule has 2 amide bonds. The van der Waals surface area contributed by atoms with Gasteiger partial charge < -0.3 is 35.7 Å². The highest BCUT2D eigenvalue weighted by Crippen LogP contribution is 2.47. The number of aromatic nitrogens is 4. The number of carbonyl (C=O) groups excluding carboxylic acids is 2. The normalized spacial score (nSPS) is 25.0. The van der Waals surface area contributed by atoms with Crippen LogP contribution in [0.2, 0.25) is 0 Å². The number of nitrogens with zero attached hydrogens (tertiary/aromatic N) is 5. The van der Waals surface area contributed by atoms with Crippen LogP contribution < -0.4 is 16.0 Å².